The number of nitrogens with one attached hydrogen (secondary N) is 1. The maximum absolute atomic E-state index is 13.4. The molecular formula is C28H38N2O2. The van der Waals surface area contributed by atoms with Crippen LogP contribution in [-0.4, -0.2) is 23.8 Å². The van der Waals surface area contributed by atoms with E-state index in [1.807, 2.05) is 43.1 Å². The van der Waals surface area contributed by atoms with Crippen molar-refractivity contribution in [3.63, 3.8) is 0 Å². The summed E-state index contributed by atoms with van der Waals surface area (Å²) in [5.74, 6) is 1.20. The molecule has 0 spiro atoms. The zero-order valence-corrected chi connectivity index (χ0v) is 20.3. The van der Waals surface area contributed by atoms with E-state index in [1.165, 1.54) is 43.4 Å². The number of carbonyl (C=O) groups is 2. The SMILES string of the molecule is CC1=C2N(C)C(=O)C(C(=O)Nc3ccccc3C)C[C@]2(C)[C@@H]2CC[C@]3(C)CCC[C@H]3[C@@H]2C1. The number of fused-ring (bicyclic) bond motifs is 5. The number of hydrogen-bond acceptors (Lipinski definition) is 2. The normalized spacial score (nSPS) is 38.8. The van der Waals surface area contributed by atoms with E-state index >= 15 is 0 Å². The first-order valence-electron chi connectivity index (χ1n) is 12.5. The molecule has 0 aromatic heterocycles. The zero-order valence-electron chi connectivity index (χ0n) is 20.3. The first-order chi connectivity index (χ1) is 15.2. The molecule has 1 heterocycles. The molecule has 1 aromatic rings. The van der Waals surface area contributed by atoms with Crippen molar-refractivity contribution in [3.05, 3.63) is 41.1 Å². The molecule has 1 saturated heterocycles. The fourth-order valence-electron chi connectivity index (χ4n) is 8.38. The Kier molecular flexibility index (Phi) is 5.07. The molecule has 3 fully saturated rings. The molecule has 2 saturated carbocycles. The summed E-state index contributed by atoms with van der Waals surface area (Å²) >= 11 is 0. The molecule has 32 heavy (non-hydrogen) atoms. The molecule has 1 unspecified atom stereocenters. The average molecular weight is 435 g/mol. The Bertz CT molecular complexity index is 997. The second-order valence-corrected chi connectivity index (χ2v) is 11.7. The van der Waals surface area contributed by atoms with Gasteiger partial charge in [0, 0.05) is 23.8 Å². The lowest BCUT2D eigenvalue weighted by Crippen LogP contribution is -2.57. The third-order valence-corrected chi connectivity index (χ3v) is 9.84. The molecular weight excluding hydrogens is 396 g/mol. The fraction of sp³-hybridized carbons (Fsp3) is 0.643. The van der Waals surface area contributed by atoms with Gasteiger partial charge in [-0.1, -0.05) is 44.0 Å². The van der Waals surface area contributed by atoms with Crippen LogP contribution in [0.15, 0.2) is 35.5 Å². The second-order valence-electron chi connectivity index (χ2n) is 11.7. The Morgan fingerprint density at radius 1 is 1.09 bits per heavy atom. The predicted molar refractivity (Wildman–Crippen MR) is 128 cm³/mol. The molecule has 172 valence electrons. The summed E-state index contributed by atoms with van der Waals surface area (Å²) in [6, 6.07) is 7.80. The van der Waals surface area contributed by atoms with Crippen molar-refractivity contribution in [2.75, 3.05) is 12.4 Å². The molecule has 4 aliphatic rings. The molecule has 0 bridgehead atoms. The quantitative estimate of drug-likeness (QED) is 0.587. The van der Waals surface area contributed by atoms with Gasteiger partial charge in [0.2, 0.25) is 11.8 Å². The van der Waals surface area contributed by atoms with Crippen LogP contribution in [-0.2, 0) is 9.59 Å². The lowest BCUT2D eigenvalue weighted by molar-refractivity contribution is -0.147. The molecule has 6 atom stereocenters. The van der Waals surface area contributed by atoms with Crippen molar-refractivity contribution in [1.82, 2.24) is 4.90 Å². The number of aryl methyl sites for hydroxylation is 1. The van der Waals surface area contributed by atoms with Crippen molar-refractivity contribution in [2.24, 2.45) is 34.5 Å². The lowest BCUT2D eigenvalue weighted by atomic mass is 9.48. The highest BCUT2D eigenvalue weighted by Gasteiger charge is 2.60. The fourth-order valence-corrected chi connectivity index (χ4v) is 8.38. The predicted octanol–water partition coefficient (Wildman–Crippen LogP) is 5.93. The molecule has 5 rings (SSSR count). The molecule has 0 radical (unpaired) electrons. The van der Waals surface area contributed by atoms with Crippen molar-refractivity contribution in [1.29, 1.82) is 0 Å². The van der Waals surface area contributed by atoms with Crippen molar-refractivity contribution in [3.8, 4) is 0 Å². The Morgan fingerprint density at radius 3 is 2.59 bits per heavy atom. The van der Waals surface area contributed by atoms with Crippen LogP contribution in [0.4, 0.5) is 5.69 Å². The van der Waals surface area contributed by atoms with Gasteiger partial charge in [0.25, 0.3) is 0 Å². The average Bonchev–Trinajstić information content (AvgIpc) is 3.14. The van der Waals surface area contributed by atoms with Crippen LogP contribution in [0.5, 0.6) is 0 Å². The molecule has 1 aromatic carbocycles. The summed E-state index contributed by atoms with van der Waals surface area (Å²) < 4.78 is 0. The highest BCUT2D eigenvalue weighted by molar-refractivity contribution is 6.07. The first kappa shape index (κ1) is 21.7. The van der Waals surface area contributed by atoms with Gasteiger partial charge in [-0.25, -0.2) is 0 Å². The van der Waals surface area contributed by atoms with Crippen LogP contribution >= 0.6 is 0 Å². The Balaban J connectivity index is 1.48. The van der Waals surface area contributed by atoms with Gasteiger partial charge in [-0.2, -0.15) is 0 Å². The Hall–Kier alpha value is -2.10. The number of hydrogen-bond donors (Lipinski definition) is 1. The zero-order chi connectivity index (χ0) is 22.8. The smallest absolute Gasteiger partial charge is 0.239 e. The number of rotatable bonds is 2. The van der Waals surface area contributed by atoms with Gasteiger partial charge < -0.3 is 10.2 Å². The van der Waals surface area contributed by atoms with E-state index in [4.69, 9.17) is 0 Å². The maximum atomic E-state index is 13.4. The summed E-state index contributed by atoms with van der Waals surface area (Å²) in [6.07, 6.45) is 8.34. The highest BCUT2D eigenvalue weighted by atomic mass is 16.2. The summed E-state index contributed by atoms with van der Waals surface area (Å²) in [7, 11) is 1.90. The van der Waals surface area contributed by atoms with E-state index in [9.17, 15) is 9.59 Å². The number of carbonyl (C=O) groups excluding carboxylic acids is 2. The van der Waals surface area contributed by atoms with Crippen molar-refractivity contribution in [2.45, 2.75) is 72.6 Å². The number of allylic oxidation sites excluding steroid dienone is 2. The molecule has 4 heteroatoms. The van der Waals surface area contributed by atoms with E-state index in [0.29, 0.717) is 23.7 Å². The van der Waals surface area contributed by atoms with Gasteiger partial charge in [-0.3, -0.25) is 9.59 Å². The molecule has 2 amide bonds. The van der Waals surface area contributed by atoms with Gasteiger partial charge in [-0.05, 0) is 87.2 Å². The van der Waals surface area contributed by atoms with Crippen LogP contribution in [0.2, 0.25) is 0 Å². The third kappa shape index (κ3) is 3.08. The molecule has 1 N–H and O–H groups in total. The number of amides is 2. The topological polar surface area (TPSA) is 49.4 Å². The first-order valence-corrected chi connectivity index (χ1v) is 12.5. The second kappa shape index (κ2) is 7.46. The van der Waals surface area contributed by atoms with Crippen LogP contribution in [0.1, 0.15) is 71.3 Å². The largest absolute Gasteiger partial charge is 0.325 e. The molecule has 3 aliphatic carbocycles. The minimum atomic E-state index is -0.628. The van der Waals surface area contributed by atoms with Crippen molar-refractivity contribution >= 4 is 17.5 Å². The van der Waals surface area contributed by atoms with E-state index in [0.717, 1.165) is 23.6 Å². The van der Waals surface area contributed by atoms with Crippen molar-refractivity contribution < 1.29 is 9.59 Å². The standard InChI is InChI=1S/C28H38N2O2/c1-17-9-6-7-11-23(17)29-25(31)20-16-28(4)22-12-14-27(3)13-8-10-21(27)19(22)15-18(2)24(28)30(5)26(20)32/h6-7,9,11,19-22H,8,10,12-16H2,1-5H3,(H,29,31)/t19-,20?,21-,22+,27-,28+/m0/s1. The summed E-state index contributed by atoms with van der Waals surface area (Å²) in [4.78, 5) is 28.6. The Labute approximate surface area is 192 Å². The van der Waals surface area contributed by atoms with Gasteiger partial charge in [0.15, 0.2) is 0 Å². The van der Waals surface area contributed by atoms with Crippen LogP contribution in [0.25, 0.3) is 0 Å². The number of benzene rings is 1. The minimum absolute atomic E-state index is 0.0529. The summed E-state index contributed by atoms with van der Waals surface area (Å²) in [5, 5.41) is 3.07. The van der Waals surface area contributed by atoms with Gasteiger partial charge in [0.05, 0.1) is 0 Å². The van der Waals surface area contributed by atoms with E-state index in [2.05, 4.69) is 26.1 Å². The number of likely N-dealkylation sites (tertiary alicyclic amines) is 1. The van der Waals surface area contributed by atoms with Crippen LogP contribution in [0.3, 0.4) is 0 Å². The molecule has 1 aliphatic heterocycles. The summed E-state index contributed by atoms with van der Waals surface area (Å²) in [5.41, 5.74) is 4.78. The van der Waals surface area contributed by atoms with Crippen LogP contribution in [0, 0.1) is 41.4 Å². The van der Waals surface area contributed by atoms with Gasteiger partial charge in [0.1, 0.15) is 5.92 Å². The lowest BCUT2D eigenvalue weighted by Gasteiger charge is -2.59. The number of nitrogens with zero attached hydrogens (tertiary/aromatic N) is 1. The number of para-hydroxylation sites is 1. The minimum Gasteiger partial charge on any atom is -0.325 e. The van der Waals surface area contributed by atoms with Gasteiger partial charge >= 0.3 is 0 Å². The van der Waals surface area contributed by atoms with Crippen LogP contribution < -0.4 is 5.32 Å². The monoisotopic (exact) mass is 434 g/mol. The Morgan fingerprint density at radius 2 is 1.84 bits per heavy atom. The number of anilines is 1. The van der Waals surface area contributed by atoms with E-state index < -0.39 is 5.92 Å². The number of piperidine rings is 1. The maximum Gasteiger partial charge on any atom is 0.239 e. The van der Waals surface area contributed by atoms with Gasteiger partial charge in [-0.15, -0.1) is 0 Å². The van der Waals surface area contributed by atoms with E-state index in [1.54, 1.807) is 0 Å². The third-order valence-electron chi connectivity index (χ3n) is 9.84. The highest BCUT2D eigenvalue weighted by Crippen LogP contribution is 2.65. The molecule has 4 nitrogen and oxygen atoms in total. The summed E-state index contributed by atoms with van der Waals surface area (Å²) in [6.45, 7) is 9.11. The van der Waals surface area contributed by atoms with E-state index in [-0.39, 0.29) is 17.2 Å².